The summed E-state index contributed by atoms with van der Waals surface area (Å²) in [4.78, 5) is 0. The van der Waals surface area contributed by atoms with Crippen molar-refractivity contribution in [2.24, 2.45) is 0 Å². The molecule has 0 aliphatic carbocycles. The molecule has 0 spiro atoms. The van der Waals surface area contributed by atoms with Gasteiger partial charge in [0.05, 0.1) is 0 Å². The molecular formula is C2H5LiOS. The third-order valence-corrected chi connectivity index (χ3v) is 1.22. The predicted molar refractivity (Wildman–Crippen MR) is 24.7 cm³/mol. The molecule has 0 amide bonds. The fourth-order valence-corrected chi connectivity index (χ4v) is 0. The molecule has 0 saturated heterocycles. The van der Waals surface area contributed by atoms with Crippen LogP contribution in [0.2, 0.25) is 0 Å². The van der Waals surface area contributed by atoms with Gasteiger partial charge < -0.3 is 0 Å². The van der Waals surface area contributed by atoms with E-state index in [1.165, 1.54) is 0 Å². The van der Waals surface area contributed by atoms with Crippen molar-refractivity contribution in [1.29, 1.82) is 0 Å². The van der Waals surface area contributed by atoms with Crippen molar-refractivity contribution in [2.75, 3.05) is 10.7 Å². The Morgan fingerprint density at radius 3 is 2.20 bits per heavy atom. The molecule has 0 rings (SSSR count). The van der Waals surface area contributed by atoms with Crippen LogP contribution in [-0.2, 0) is 11.2 Å². The molecule has 1 nitrogen and oxygen atoms in total. The molecule has 0 heterocycles. The van der Waals surface area contributed by atoms with Crippen LogP contribution in [0.3, 0.4) is 0 Å². The Kier molecular flexibility index (Phi) is 3.68. The van der Waals surface area contributed by atoms with Gasteiger partial charge in [0, 0.05) is 0 Å². The molecule has 26 valence electrons. The van der Waals surface area contributed by atoms with Gasteiger partial charge in [-0.25, -0.2) is 0 Å². The van der Waals surface area contributed by atoms with Crippen molar-refractivity contribution in [1.82, 2.24) is 0 Å². The van der Waals surface area contributed by atoms with Crippen molar-refractivity contribution in [2.45, 2.75) is 0 Å². The Labute approximate surface area is 44.5 Å². The van der Waals surface area contributed by atoms with Crippen LogP contribution in [0.4, 0.5) is 0 Å². The van der Waals surface area contributed by atoms with Crippen LogP contribution in [0.1, 0.15) is 0 Å². The van der Waals surface area contributed by atoms with Crippen LogP contribution in [0.15, 0.2) is 0 Å². The molecule has 0 fully saturated rings. The molecule has 0 aliphatic heterocycles. The van der Waals surface area contributed by atoms with Crippen LogP contribution >= 0.6 is 0 Å². The summed E-state index contributed by atoms with van der Waals surface area (Å²) in [6, 6.07) is 0. The van der Waals surface area contributed by atoms with Crippen LogP contribution in [-0.4, -0.2) is 32.9 Å². The summed E-state index contributed by atoms with van der Waals surface area (Å²) in [6.45, 7) is 0. The monoisotopic (exact) mass is 84.0 g/mol. The summed E-state index contributed by atoms with van der Waals surface area (Å²) < 4.78 is 10.7. The molecule has 0 N–H and O–H groups in total. The van der Waals surface area contributed by atoms with Crippen molar-refractivity contribution in [3.8, 4) is 0 Å². The second-order valence-electron chi connectivity index (χ2n) is 0.862. The van der Waals surface area contributed by atoms with E-state index in [-0.39, 0.29) is 0 Å². The fraction of sp³-hybridized carbons (Fsp3) is 1.00. The first-order chi connectivity index (χ1) is 2.27. The van der Waals surface area contributed by atoms with Gasteiger partial charge in [-0.3, -0.25) is 0 Å². The second-order valence-corrected chi connectivity index (χ2v) is 2.59. The van der Waals surface area contributed by atoms with Crippen LogP contribution in [0, 0.1) is 0 Å². The summed E-state index contributed by atoms with van der Waals surface area (Å²) in [6.07, 6.45) is 1.69. The van der Waals surface area contributed by atoms with Gasteiger partial charge in [-0.2, -0.15) is 0 Å². The average Bonchev–Trinajstić information content (AvgIpc) is 1.38. The Morgan fingerprint density at radius 1 is 2.00 bits per heavy atom. The molecule has 1 atom stereocenters. The molecule has 0 radical (unpaired) electrons. The first-order valence-corrected chi connectivity index (χ1v) is 3.30. The van der Waals surface area contributed by atoms with Crippen molar-refractivity contribution >= 4 is 28.9 Å². The first-order valence-electron chi connectivity index (χ1n) is 1.57. The molecule has 0 saturated carbocycles. The Morgan fingerprint density at radius 2 is 2.20 bits per heavy atom. The number of hydrogen-bond acceptors (Lipinski definition) is 1. The van der Waals surface area contributed by atoms with Crippen LogP contribution in [0.25, 0.3) is 0 Å². The molecule has 0 aromatic rings. The van der Waals surface area contributed by atoms with E-state index < -0.39 is 11.2 Å². The van der Waals surface area contributed by atoms with Gasteiger partial charge in [0.2, 0.25) is 0 Å². The maximum absolute atomic E-state index is 9.92. The molecular weight excluding hydrogens is 79.0 g/mol. The van der Waals surface area contributed by atoms with E-state index in [1.54, 1.807) is 6.26 Å². The molecule has 0 aliphatic rings. The third kappa shape index (κ3) is 4.91. The molecule has 0 aromatic heterocycles. The van der Waals surface area contributed by atoms with Crippen molar-refractivity contribution in [3.05, 3.63) is 0 Å². The summed E-state index contributed by atoms with van der Waals surface area (Å²) in [7, 11) is 0. The average molecular weight is 84.1 g/mol. The zero-order valence-corrected chi connectivity index (χ0v) is 4.34. The van der Waals surface area contributed by atoms with Gasteiger partial charge in [0.1, 0.15) is 0 Å². The van der Waals surface area contributed by atoms with E-state index in [0.717, 1.165) is 4.43 Å². The van der Waals surface area contributed by atoms with Crippen LogP contribution < -0.4 is 0 Å². The Hall–Kier alpha value is 0.907. The number of hydrogen-bond donors (Lipinski definition) is 0. The normalized spacial score (nSPS) is 15.2. The molecule has 0 aromatic carbocycles. The van der Waals surface area contributed by atoms with Crippen molar-refractivity contribution in [3.63, 3.8) is 0 Å². The van der Waals surface area contributed by atoms with Gasteiger partial charge in [-0.1, -0.05) is 0 Å². The van der Waals surface area contributed by atoms with E-state index >= 15 is 0 Å². The summed E-state index contributed by atoms with van der Waals surface area (Å²) in [5.74, 6) is 0. The minimum atomic E-state index is -0.573. The quantitative estimate of drug-likeness (QED) is 0.310. The predicted octanol–water partition coefficient (Wildman–Crippen LogP) is -0.509. The Bertz CT molecular complexity index is 23.6. The fourth-order valence-electron chi connectivity index (χ4n) is 0. The standard InChI is InChI=1S/C2H5OS.Li/c1-4(2)3;/h1H2,2H3;. The zero-order valence-electron chi connectivity index (χ0n) is 3.52. The summed E-state index contributed by atoms with van der Waals surface area (Å²) in [5, 5.41) is 0. The van der Waals surface area contributed by atoms with E-state index in [4.69, 9.17) is 0 Å². The number of rotatable bonds is 1. The van der Waals surface area contributed by atoms with Gasteiger partial charge in [-0.15, -0.1) is 0 Å². The maximum atomic E-state index is 9.92. The van der Waals surface area contributed by atoms with E-state index in [9.17, 15) is 4.55 Å². The van der Waals surface area contributed by atoms with Crippen LogP contribution in [0.5, 0.6) is 0 Å². The van der Waals surface area contributed by atoms with E-state index in [0.29, 0.717) is 0 Å². The van der Waals surface area contributed by atoms with Gasteiger partial charge in [-0.05, 0) is 0 Å². The third-order valence-electron chi connectivity index (χ3n) is 0.407. The van der Waals surface area contributed by atoms with Crippen molar-refractivity contribution < 1.29 is 4.55 Å². The molecule has 5 heavy (non-hydrogen) atoms. The first kappa shape index (κ1) is 5.91. The van der Waals surface area contributed by atoms with Gasteiger partial charge in [0.15, 0.2) is 0 Å². The Balaban J connectivity index is 2.54. The van der Waals surface area contributed by atoms with Gasteiger partial charge in [0.25, 0.3) is 0 Å². The molecule has 1 unspecified atom stereocenters. The second kappa shape index (κ2) is 3.11. The van der Waals surface area contributed by atoms with E-state index in [1.807, 2.05) is 17.7 Å². The topological polar surface area (TPSA) is 23.1 Å². The van der Waals surface area contributed by atoms with Gasteiger partial charge >= 0.3 is 44.1 Å². The molecule has 3 heteroatoms. The summed E-state index contributed by atoms with van der Waals surface area (Å²) >= 11 is 1.33. The summed E-state index contributed by atoms with van der Waals surface area (Å²) in [5.41, 5.74) is 0. The zero-order chi connectivity index (χ0) is 4.28. The molecule has 0 bridgehead atoms. The minimum absolute atomic E-state index is 0.573. The SMILES string of the molecule is [Li][CH2][S+](C)[O-]. The van der Waals surface area contributed by atoms with E-state index in [2.05, 4.69) is 0 Å².